The predicted octanol–water partition coefficient (Wildman–Crippen LogP) is 4.07. The number of benzene rings is 1. The third kappa shape index (κ3) is 5.10. The lowest BCUT2D eigenvalue weighted by Crippen LogP contribution is -2.55. The molecule has 1 unspecified atom stereocenters. The molecule has 2 amide bonds. The van der Waals surface area contributed by atoms with Crippen LogP contribution in [0.2, 0.25) is 0 Å². The van der Waals surface area contributed by atoms with E-state index in [0.29, 0.717) is 13.0 Å². The first kappa shape index (κ1) is 24.1. The molecule has 0 saturated carbocycles. The van der Waals surface area contributed by atoms with Crippen molar-refractivity contribution in [2.45, 2.75) is 59.2 Å². The molecule has 0 aliphatic carbocycles. The third-order valence-electron chi connectivity index (χ3n) is 6.23. The number of thiazole rings is 1. The van der Waals surface area contributed by atoms with E-state index in [1.807, 2.05) is 58.3 Å². The van der Waals surface area contributed by atoms with E-state index in [1.54, 1.807) is 16.2 Å². The standard InChI is InChI=1S/C25H34N4O2S/c1-7-17-12-20(29(13-17)24(31)22(26)25(4,5)6)23(30)28-15(2)18-8-10-19(11-9-18)21-16(3)27-14-32-21/h7-11,14-15,17,20,22H,1,12-13,26H2,2-6H3,(H,28,30)/t15-,17?,20-,22+/m0/s1. The Balaban J connectivity index is 1.72. The second-order valence-corrected chi connectivity index (χ2v) is 10.6. The van der Waals surface area contributed by atoms with Crippen LogP contribution in [0.25, 0.3) is 10.4 Å². The van der Waals surface area contributed by atoms with Crippen molar-refractivity contribution in [3.05, 3.63) is 53.7 Å². The molecule has 172 valence electrons. The van der Waals surface area contributed by atoms with E-state index in [0.717, 1.165) is 21.7 Å². The van der Waals surface area contributed by atoms with Gasteiger partial charge in [0.25, 0.3) is 0 Å². The number of rotatable bonds is 6. The van der Waals surface area contributed by atoms with Crippen LogP contribution in [0.5, 0.6) is 0 Å². The van der Waals surface area contributed by atoms with E-state index in [2.05, 4.69) is 29.0 Å². The van der Waals surface area contributed by atoms with Crippen LogP contribution >= 0.6 is 11.3 Å². The Morgan fingerprint density at radius 3 is 2.50 bits per heavy atom. The Labute approximate surface area is 194 Å². The summed E-state index contributed by atoms with van der Waals surface area (Å²) in [6.07, 6.45) is 2.38. The van der Waals surface area contributed by atoms with Crippen LogP contribution in [0.1, 0.15) is 51.4 Å². The van der Waals surface area contributed by atoms with Gasteiger partial charge in [-0.1, -0.05) is 51.1 Å². The van der Waals surface area contributed by atoms with Crippen molar-refractivity contribution in [2.24, 2.45) is 17.1 Å². The average Bonchev–Trinajstić information content (AvgIpc) is 3.38. The molecule has 0 spiro atoms. The molecule has 1 saturated heterocycles. The lowest BCUT2D eigenvalue weighted by Gasteiger charge is -2.33. The van der Waals surface area contributed by atoms with Gasteiger partial charge >= 0.3 is 0 Å². The maximum absolute atomic E-state index is 13.2. The first-order valence-corrected chi connectivity index (χ1v) is 11.9. The van der Waals surface area contributed by atoms with Gasteiger partial charge in [0.1, 0.15) is 6.04 Å². The van der Waals surface area contributed by atoms with Gasteiger partial charge in [-0.05, 0) is 42.7 Å². The Morgan fingerprint density at radius 2 is 1.97 bits per heavy atom. The van der Waals surface area contributed by atoms with Gasteiger partial charge in [0.05, 0.1) is 28.2 Å². The summed E-state index contributed by atoms with van der Waals surface area (Å²) in [6, 6.07) is 6.77. The van der Waals surface area contributed by atoms with Gasteiger partial charge in [0, 0.05) is 6.54 Å². The zero-order valence-corrected chi connectivity index (χ0v) is 20.4. The summed E-state index contributed by atoms with van der Waals surface area (Å²) in [5, 5.41) is 3.09. The fraction of sp³-hybridized carbons (Fsp3) is 0.480. The predicted molar refractivity (Wildman–Crippen MR) is 130 cm³/mol. The molecule has 32 heavy (non-hydrogen) atoms. The quantitative estimate of drug-likeness (QED) is 0.644. The zero-order valence-electron chi connectivity index (χ0n) is 19.6. The second-order valence-electron chi connectivity index (χ2n) is 9.70. The molecule has 1 fully saturated rings. The van der Waals surface area contributed by atoms with E-state index in [-0.39, 0.29) is 29.2 Å². The van der Waals surface area contributed by atoms with Gasteiger partial charge in [-0.2, -0.15) is 0 Å². The molecule has 1 aromatic carbocycles. The van der Waals surface area contributed by atoms with Crippen LogP contribution in [0.15, 0.2) is 42.4 Å². The van der Waals surface area contributed by atoms with Crippen molar-refractivity contribution in [3.63, 3.8) is 0 Å². The molecule has 1 aliphatic heterocycles. The van der Waals surface area contributed by atoms with Crippen LogP contribution in [0.4, 0.5) is 0 Å². The minimum Gasteiger partial charge on any atom is -0.348 e. The van der Waals surface area contributed by atoms with Gasteiger partial charge in [0.2, 0.25) is 11.8 Å². The van der Waals surface area contributed by atoms with Crippen molar-refractivity contribution in [2.75, 3.05) is 6.54 Å². The number of carbonyl (C=O) groups excluding carboxylic acids is 2. The van der Waals surface area contributed by atoms with Gasteiger partial charge < -0.3 is 16.0 Å². The largest absolute Gasteiger partial charge is 0.348 e. The molecule has 2 aromatic rings. The van der Waals surface area contributed by atoms with Crippen LogP contribution < -0.4 is 11.1 Å². The minimum absolute atomic E-state index is 0.0825. The highest BCUT2D eigenvalue weighted by Gasteiger charge is 2.42. The van der Waals surface area contributed by atoms with Gasteiger partial charge in [-0.15, -0.1) is 17.9 Å². The van der Waals surface area contributed by atoms with Crippen molar-refractivity contribution < 1.29 is 9.59 Å². The molecule has 0 radical (unpaired) electrons. The first-order valence-electron chi connectivity index (χ1n) is 11.0. The molecule has 7 heteroatoms. The topological polar surface area (TPSA) is 88.3 Å². The van der Waals surface area contributed by atoms with Crippen LogP contribution in [0.3, 0.4) is 0 Å². The number of nitrogens with one attached hydrogen (secondary N) is 1. The summed E-state index contributed by atoms with van der Waals surface area (Å²) in [6.45, 7) is 14.1. The van der Waals surface area contributed by atoms with Crippen LogP contribution in [-0.4, -0.2) is 40.3 Å². The van der Waals surface area contributed by atoms with Crippen molar-refractivity contribution >= 4 is 23.2 Å². The number of hydrogen-bond acceptors (Lipinski definition) is 5. The molecule has 2 heterocycles. The highest BCUT2D eigenvalue weighted by atomic mass is 32.1. The van der Waals surface area contributed by atoms with Crippen molar-refractivity contribution in [1.82, 2.24) is 15.2 Å². The fourth-order valence-corrected chi connectivity index (χ4v) is 4.79. The molecule has 4 atom stereocenters. The molecule has 1 aliphatic rings. The smallest absolute Gasteiger partial charge is 0.243 e. The maximum atomic E-state index is 13.2. The lowest BCUT2D eigenvalue weighted by molar-refractivity contribution is -0.141. The summed E-state index contributed by atoms with van der Waals surface area (Å²) in [7, 11) is 0. The highest BCUT2D eigenvalue weighted by molar-refractivity contribution is 7.13. The molecular formula is C25H34N4O2S. The number of nitrogens with two attached hydrogens (primary N) is 1. The summed E-state index contributed by atoms with van der Waals surface area (Å²) in [5.74, 6) is -0.253. The molecule has 1 aromatic heterocycles. The van der Waals surface area contributed by atoms with E-state index in [4.69, 9.17) is 5.73 Å². The number of hydrogen-bond donors (Lipinski definition) is 2. The molecule has 6 nitrogen and oxygen atoms in total. The fourth-order valence-electron chi connectivity index (χ4n) is 3.98. The summed E-state index contributed by atoms with van der Waals surface area (Å²) in [4.78, 5) is 33.4. The average molecular weight is 455 g/mol. The highest BCUT2D eigenvalue weighted by Crippen LogP contribution is 2.30. The lowest BCUT2D eigenvalue weighted by atomic mass is 9.86. The van der Waals surface area contributed by atoms with E-state index < -0.39 is 12.1 Å². The number of likely N-dealkylation sites (tertiary alicyclic amines) is 1. The second kappa shape index (κ2) is 9.55. The van der Waals surface area contributed by atoms with Gasteiger partial charge in [-0.25, -0.2) is 4.98 Å². The monoisotopic (exact) mass is 454 g/mol. The van der Waals surface area contributed by atoms with Crippen molar-refractivity contribution in [3.8, 4) is 10.4 Å². The zero-order chi connectivity index (χ0) is 23.6. The number of amides is 2. The Morgan fingerprint density at radius 1 is 1.31 bits per heavy atom. The summed E-state index contributed by atoms with van der Waals surface area (Å²) >= 11 is 1.62. The van der Waals surface area contributed by atoms with Gasteiger partial charge in [0.15, 0.2) is 0 Å². The third-order valence-corrected chi connectivity index (χ3v) is 7.21. The Bertz CT molecular complexity index is 977. The molecule has 0 bridgehead atoms. The molecular weight excluding hydrogens is 420 g/mol. The normalized spacial score (nSPS) is 20.6. The minimum atomic E-state index is -0.665. The van der Waals surface area contributed by atoms with Crippen LogP contribution in [0, 0.1) is 18.3 Å². The maximum Gasteiger partial charge on any atom is 0.243 e. The number of nitrogens with zero attached hydrogens (tertiary/aromatic N) is 2. The Kier molecular flexibility index (Phi) is 7.20. The number of aromatic nitrogens is 1. The van der Waals surface area contributed by atoms with Crippen LogP contribution in [-0.2, 0) is 9.59 Å². The van der Waals surface area contributed by atoms with E-state index >= 15 is 0 Å². The Hall–Kier alpha value is -2.51. The SMILES string of the molecule is C=CC1C[C@@H](C(=O)N[C@@H](C)c2ccc(-c3scnc3C)cc2)N(C(=O)[C@@H](N)C(C)(C)C)C1. The first-order chi connectivity index (χ1) is 15.0. The van der Waals surface area contributed by atoms with E-state index in [1.165, 1.54) is 0 Å². The summed E-state index contributed by atoms with van der Waals surface area (Å²) in [5.41, 5.74) is 10.8. The van der Waals surface area contributed by atoms with Crippen molar-refractivity contribution in [1.29, 1.82) is 0 Å². The van der Waals surface area contributed by atoms with Gasteiger partial charge in [-0.3, -0.25) is 9.59 Å². The summed E-state index contributed by atoms with van der Waals surface area (Å²) < 4.78 is 0. The molecule has 3 rings (SSSR count). The van der Waals surface area contributed by atoms with E-state index in [9.17, 15) is 9.59 Å². The number of carbonyl (C=O) groups is 2. The number of aryl methyl sites for hydroxylation is 1. The molecule has 3 N–H and O–H groups in total.